The van der Waals surface area contributed by atoms with Gasteiger partial charge in [-0.1, -0.05) is 34.1 Å². The van der Waals surface area contributed by atoms with Crippen molar-refractivity contribution in [1.29, 1.82) is 0 Å². The van der Waals surface area contributed by atoms with Crippen molar-refractivity contribution in [3.8, 4) is 0 Å². The number of unbranched alkanes of at least 4 members (excludes halogenated alkanes) is 1. The fraction of sp³-hybridized carbons (Fsp3) is 1.00. The van der Waals surface area contributed by atoms with E-state index in [0.717, 1.165) is 6.04 Å². The zero-order valence-corrected chi connectivity index (χ0v) is 12.6. The van der Waals surface area contributed by atoms with Crippen LogP contribution in [-0.2, 0) is 0 Å². The van der Waals surface area contributed by atoms with Gasteiger partial charge in [-0.2, -0.15) is 0 Å². The summed E-state index contributed by atoms with van der Waals surface area (Å²) in [5.74, 6) is 0. The maximum Gasteiger partial charge on any atom is 0.00649 e. The number of hydrogen-bond acceptors (Lipinski definition) is 2. The minimum absolute atomic E-state index is 0.736. The second kappa shape index (κ2) is 12.4. The van der Waals surface area contributed by atoms with Crippen molar-refractivity contribution in [1.82, 2.24) is 10.2 Å². The van der Waals surface area contributed by atoms with Crippen LogP contribution in [-0.4, -0.2) is 37.1 Å². The highest BCUT2D eigenvalue weighted by atomic mass is 15.1. The smallest absolute Gasteiger partial charge is 0.00649 e. The van der Waals surface area contributed by atoms with Gasteiger partial charge in [0.1, 0.15) is 0 Å². The lowest BCUT2D eigenvalue weighted by Crippen LogP contribution is -2.31. The molecule has 0 aromatic rings. The molecule has 0 aromatic carbocycles. The molecule has 0 saturated carbocycles. The summed E-state index contributed by atoms with van der Waals surface area (Å²) in [5.41, 5.74) is 0. The molecule has 104 valence electrons. The SMILES string of the molecule is CCCCN(CC)CCCC(CC)NCCC. The summed E-state index contributed by atoms with van der Waals surface area (Å²) in [4.78, 5) is 2.59. The number of hydrogen-bond donors (Lipinski definition) is 1. The van der Waals surface area contributed by atoms with Gasteiger partial charge in [-0.15, -0.1) is 0 Å². The second-order valence-electron chi connectivity index (χ2n) is 4.99. The second-order valence-corrected chi connectivity index (χ2v) is 4.99. The molecule has 0 amide bonds. The van der Waals surface area contributed by atoms with Crippen LogP contribution in [0.2, 0.25) is 0 Å². The highest BCUT2D eigenvalue weighted by molar-refractivity contribution is 4.66. The standard InChI is InChI=1S/C15H34N2/c1-5-9-13-17(8-4)14-10-11-15(7-3)16-12-6-2/h15-16H,5-14H2,1-4H3. The monoisotopic (exact) mass is 242 g/mol. The van der Waals surface area contributed by atoms with E-state index in [1.165, 1.54) is 64.7 Å². The fourth-order valence-electron chi connectivity index (χ4n) is 2.17. The van der Waals surface area contributed by atoms with Crippen LogP contribution in [0.25, 0.3) is 0 Å². The molecule has 0 aliphatic rings. The highest BCUT2D eigenvalue weighted by Gasteiger charge is 2.06. The first-order valence-electron chi connectivity index (χ1n) is 7.74. The Labute approximate surface area is 109 Å². The first-order chi connectivity index (χ1) is 8.28. The Morgan fingerprint density at radius 3 is 2.18 bits per heavy atom. The van der Waals surface area contributed by atoms with Gasteiger partial charge in [0.2, 0.25) is 0 Å². The number of nitrogens with one attached hydrogen (secondary N) is 1. The molecule has 0 fully saturated rings. The van der Waals surface area contributed by atoms with Gasteiger partial charge in [-0.25, -0.2) is 0 Å². The van der Waals surface area contributed by atoms with Gasteiger partial charge >= 0.3 is 0 Å². The first kappa shape index (κ1) is 16.9. The van der Waals surface area contributed by atoms with E-state index in [1.54, 1.807) is 0 Å². The third-order valence-corrected chi connectivity index (χ3v) is 3.48. The van der Waals surface area contributed by atoms with Crippen LogP contribution in [0.1, 0.15) is 66.2 Å². The molecule has 0 saturated heterocycles. The maximum absolute atomic E-state index is 3.64. The molecule has 0 rings (SSSR count). The summed E-state index contributed by atoms with van der Waals surface area (Å²) in [6.45, 7) is 14.0. The number of nitrogens with zero attached hydrogens (tertiary/aromatic N) is 1. The third kappa shape index (κ3) is 9.61. The molecule has 0 aliphatic carbocycles. The molecule has 0 heterocycles. The molecule has 0 radical (unpaired) electrons. The zero-order valence-electron chi connectivity index (χ0n) is 12.6. The van der Waals surface area contributed by atoms with Gasteiger partial charge in [-0.05, 0) is 58.3 Å². The van der Waals surface area contributed by atoms with Crippen LogP contribution < -0.4 is 5.32 Å². The van der Waals surface area contributed by atoms with E-state index >= 15 is 0 Å². The van der Waals surface area contributed by atoms with E-state index in [4.69, 9.17) is 0 Å². The molecule has 17 heavy (non-hydrogen) atoms. The molecule has 1 atom stereocenters. The van der Waals surface area contributed by atoms with Gasteiger partial charge in [0, 0.05) is 6.04 Å². The molecule has 1 N–H and O–H groups in total. The summed E-state index contributed by atoms with van der Waals surface area (Å²) in [6.07, 6.45) is 7.84. The minimum Gasteiger partial charge on any atom is -0.314 e. The van der Waals surface area contributed by atoms with Crippen molar-refractivity contribution >= 4 is 0 Å². The summed E-state index contributed by atoms with van der Waals surface area (Å²) >= 11 is 0. The summed E-state index contributed by atoms with van der Waals surface area (Å²) in [5, 5.41) is 3.64. The molecule has 1 unspecified atom stereocenters. The Hall–Kier alpha value is -0.0800. The summed E-state index contributed by atoms with van der Waals surface area (Å²) in [7, 11) is 0. The minimum atomic E-state index is 0.736. The van der Waals surface area contributed by atoms with Crippen LogP contribution in [0.3, 0.4) is 0 Å². The van der Waals surface area contributed by atoms with Crippen molar-refractivity contribution in [2.24, 2.45) is 0 Å². The van der Waals surface area contributed by atoms with Crippen molar-refractivity contribution in [2.45, 2.75) is 72.3 Å². The summed E-state index contributed by atoms with van der Waals surface area (Å²) < 4.78 is 0. The maximum atomic E-state index is 3.64. The van der Waals surface area contributed by atoms with E-state index in [-0.39, 0.29) is 0 Å². The Morgan fingerprint density at radius 2 is 1.65 bits per heavy atom. The highest BCUT2D eigenvalue weighted by Crippen LogP contribution is 2.04. The lowest BCUT2D eigenvalue weighted by molar-refractivity contribution is 0.270. The average molecular weight is 242 g/mol. The van der Waals surface area contributed by atoms with Gasteiger partial charge in [0.05, 0.1) is 0 Å². The Morgan fingerprint density at radius 1 is 0.941 bits per heavy atom. The quantitative estimate of drug-likeness (QED) is 0.562. The fourth-order valence-corrected chi connectivity index (χ4v) is 2.17. The predicted molar refractivity (Wildman–Crippen MR) is 78.6 cm³/mol. The molecule has 2 heteroatoms. The van der Waals surface area contributed by atoms with Gasteiger partial charge in [0.25, 0.3) is 0 Å². The van der Waals surface area contributed by atoms with Gasteiger partial charge in [0.15, 0.2) is 0 Å². The Bertz CT molecular complexity index is 132. The van der Waals surface area contributed by atoms with Crippen LogP contribution in [0.15, 0.2) is 0 Å². The predicted octanol–water partition coefficient (Wildman–Crippen LogP) is 3.67. The molecule has 0 bridgehead atoms. The molecular weight excluding hydrogens is 208 g/mol. The van der Waals surface area contributed by atoms with E-state index in [1.807, 2.05) is 0 Å². The van der Waals surface area contributed by atoms with E-state index < -0.39 is 0 Å². The van der Waals surface area contributed by atoms with Gasteiger partial charge < -0.3 is 10.2 Å². The normalized spacial score (nSPS) is 13.2. The zero-order chi connectivity index (χ0) is 12.9. The molecular formula is C15H34N2. The Balaban J connectivity index is 3.61. The number of rotatable bonds is 12. The molecule has 0 aromatic heterocycles. The van der Waals surface area contributed by atoms with Gasteiger partial charge in [-0.3, -0.25) is 0 Å². The van der Waals surface area contributed by atoms with Crippen LogP contribution in [0, 0.1) is 0 Å². The average Bonchev–Trinajstić information content (AvgIpc) is 2.37. The van der Waals surface area contributed by atoms with E-state index in [0.29, 0.717) is 0 Å². The van der Waals surface area contributed by atoms with Crippen molar-refractivity contribution in [3.05, 3.63) is 0 Å². The molecule has 2 nitrogen and oxygen atoms in total. The molecule has 0 spiro atoms. The Kier molecular flexibility index (Phi) is 12.3. The topological polar surface area (TPSA) is 15.3 Å². The van der Waals surface area contributed by atoms with Crippen LogP contribution >= 0.6 is 0 Å². The van der Waals surface area contributed by atoms with Crippen molar-refractivity contribution in [2.75, 3.05) is 26.2 Å². The lowest BCUT2D eigenvalue weighted by atomic mass is 10.1. The van der Waals surface area contributed by atoms with E-state index in [9.17, 15) is 0 Å². The largest absolute Gasteiger partial charge is 0.314 e. The van der Waals surface area contributed by atoms with Crippen LogP contribution in [0.4, 0.5) is 0 Å². The first-order valence-corrected chi connectivity index (χ1v) is 7.74. The van der Waals surface area contributed by atoms with E-state index in [2.05, 4.69) is 37.9 Å². The van der Waals surface area contributed by atoms with Crippen LogP contribution in [0.5, 0.6) is 0 Å². The lowest BCUT2D eigenvalue weighted by Gasteiger charge is -2.22. The van der Waals surface area contributed by atoms with Crippen molar-refractivity contribution < 1.29 is 0 Å². The van der Waals surface area contributed by atoms with Crippen molar-refractivity contribution in [3.63, 3.8) is 0 Å². The molecule has 0 aliphatic heterocycles. The summed E-state index contributed by atoms with van der Waals surface area (Å²) in [6, 6.07) is 0.736. The third-order valence-electron chi connectivity index (χ3n) is 3.48.